The van der Waals surface area contributed by atoms with Gasteiger partial charge >= 0.3 is 6.18 Å². The Bertz CT molecular complexity index is 1350. The summed E-state index contributed by atoms with van der Waals surface area (Å²) >= 11 is 0. The number of halogens is 3. The Hall–Kier alpha value is -3.38. The minimum absolute atomic E-state index is 0.0513. The van der Waals surface area contributed by atoms with Gasteiger partial charge in [0.05, 0.1) is 23.7 Å². The average molecular weight is 538 g/mol. The number of hydrogen-bond donors (Lipinski definition) is 1. The first kappa shape index (κ1) is 26.7. The third-order valence-corrected chi connectivity index (χ3v) is 7.53. The van der Waals surface area contributed by atoms with Crippen molar-refractivity contribution in [1.29, 1.82) is 0 Å². The number of methoxy groups -OCH3 is 1. The van der Waals surface area contributed by atoms with Gasteiger partial charge in [-0.2, -0.15) is 18.3 Å². The summed E-state index contributed by atoms with van der Waals surface area (Å²) in [5.74, 6) is 0.495. The molecule has 0 bridgehead atoms. The normalized spacial score (nSPS) is 17.5. The van der Waals surface area contributed by atoms with E-state index in [1.807, 2.05) is 6.92 Å². The number of nitrogens with zero attached hydrogens (tertiary/aromatic N) is 2. The van der Waals surface area contributed by atoms with Crippen LogP contribution >= 0.6 is 0 Å². The lowest BCUT2D eigenvalue weighted by Gasteiger charge is -2.37. The Balaban J connectivity index is 1.72. The summed E-state index contributed by atoms with van der Waals surface area (Å²) in [6.45, 7) is 2.69. The second kappa shape index (κ2) is 10.5. The molecular weight excluding hydrogens is 511 g/mol. The molecule has 8 nitrogen and oxygen atoms in total. The zero-order valence-corrected chi connectivity index (χ0v) is 21.0. The molecular formula is C25H26F3N3O5S. The first-order chi connectivity index (χ1) is 17.5. The molecule has 1 aromatic heterocycles. The molecule has 0 fully saturated rings. The SMILES string of the molecule is COCCCOc1cc(C(F)(F)F)ccc1[C@]1(C)CCOc2cc(S(=O)(=O)Nc3cccnn3)ccc21. The molecule has 2 heterocycles. The number of anilines is 1. The van der Waals surface area contributed by atoms with Gasteiger partial charge in [-0.15, -0.1) is 5.10 Å². The standard InChI is InChI=1S/C25H26F3N3O5S/c1-24(19-8-6-17(25(26,27)28)15-21(19)35-13-4-12-34-2)10-14-36-22-16-18(7-9-20(22)24)37(32,33)31-23-5-3-11-29-30-23/h3,5-9,11,15-16H,4,10,12-14H2,1-2H3,(H,30,31)/t24-/m0/s1. The fraction of sp³-hybridized carbons (Fsp3) is 0.360. The molecule has 0 unspecified atom stereocenters. The largest absolute Gasteiger partial charge is 0.493 e. The highest BCUT2D eigenvalue weighted by atomic mass is 32.2. The predicted molar refractivity (Wildman–Crippen MR) is 129 cm³/mol. The van der Waals surface area contributed by atoms with E-state index >= 15 is 0 Å². The van der Waals surface area contributed by atoms with Crippen molar-refractivity contribution in [1.82, 2.24) is 10.2 Å². The van der Waals surface area contributed by atoms with Crippen molar-refractivity contribution in [2.45, 2.75) is 36.3 Å². The lowest BCUT2D eigenvalue weighted by Crippen LogP contribution is -2.32. The van der Waals surface area contributed by atoms with Crippen molar-refractivity contribution in [2.75, 3.05) is 31.7 Å². The first-order valence-electron chi connectivity index (χ1n) is 11.5. The third-order valence-electron chi connectivity index (χ3n) is 6.18. The van der Waals surface area contributed by atoms with Crippen LogP contribution < -0.4 is 14.2 Å². The summed E-state index contributed by atoms with van der Waals surface area (Å²) in [5.41, 5.74) is -0.422. The van der Waals surface area contributed by atoms with E-state index in [9.17, 15) is 21.6 Å². The Morgan fingerprint density at radius 1 is 1.11 bits per heavy atom. The second-order valence-corrected chi connectivity index (χ2v) is 10.4. The van der Waals surface area contributed by atoms with Crippen molar-refractivity contribution >= 4 is 15.8 Å². The third kappa shape index (κ3) is 5.80. The molecule has 1 aliphatic heterocycles. The number of nitrogens with one attached hydrogen (secondary N) is 1. The molecule has 1 N–H and O–H groups in total. The van der Waals surface area contributed by atoms with Crippen LogP contribution in [0.15, 0.2) is 59.6 Å². The van der Waals surface area contributed by atoms with Gasteiger partial charge in [0.1, 0.15) is 11.5 Å². The van der Waals surface area contributed by atoms with Crippen molar-refractivity contribution in [3.8, 4) is 11.5 Å². The highest BCUT2D eigenvalue weighted by Crippen LogP contribution is 2.48. The lowest BCUT2D eigenvalue weighted by atomic mass is 9.72. The number of ether oxygens (including phenoxy) is 3. The lowest BCUT2D eigenvalue weighted by molar-refractivity contribution is -0.137. The van der Waals surface area contributed by atoms with Gasteiger partial charge in [-0.25, -0.2) is 8.42 Å². The summed E-state index contributed by atoms with van der Waals surface area (Å²) in [5, 5.41) is 7.39. The summed E-state index contributed by atoms with van der Waals surface area (Å²) in [4.78, 5) is -0.0513. The minimum atomic E-state index is -4.53. The van der Waals surface area contributed by atoms with Crippen LogP contribution in [0, 0.1) is 0 Å². The molecule has 0 aliphatic carbocycles. The maximum atomic E-state index is 13.5. The Morgan fingerprint density at radius 3 is 2.59 bits per heavy atom. The van der Waals surface area contributed by atoms with E-state index < -0.39 is 27.2 Å². The predicted octanol–water partition coefficient (Wildman–Crippen LogP) is 4.80. The molecule has 2 aromatic carbocycles. The van der Waals surface area contributed by atoms with Gasteiger partial charge in [0.25, 0.3) is 10.0 Å². The van der Waals surface area contributed by atoms with E-state index in [1.54, 1.807) is 12.1 Å². The van der Waals surface area contributed by atoms with Gasteiger partial charge in [-0.05, 0) is 36.8 Å². The van der Waals surface area contributed by atoms with Crippen molar-refractivity contribution in [2.24, 2.45) is 0 Å². The van der Waals surface area contributed by atoms with Gasteiger partial charge in [-0.1, -0.05) is 19.1 Å². The monoisotopic (exact) mass is 537 g/mol. The van der Waals surface area contributed by atoms with Crippen LogP contribution in [-0.4, -0.2) is 45.5 Å². The summed E-state index contributed by atoms with van der Waals surface area (Å²) in [6.07, 6.45) is -2.16. The zero-order valence-electron chi connectivity index (χ0n) is 20.2. The number of rotatable bonds is 9. The van der Waals surface area contributed by atoms with E-state index in [2.05, 4.69) is 14.9 Å². The number of alkyl halides is 3. The Morgan fingerprint density at radius 2 is 1.89 bits per heavy atom. The van der Waals surface area contributed by atoms with Crippen molar-refractivity contribution in [3.63, 3.8) is 0 Å². The number of sulfonamides is 1. The molecule has 0 saturated carbocycles. The first-order valence-corrected chi connectivity index (χ1v) is 12.9. The van der Waals surface area contributed by atoms with Crippen LogP contribution in [-0.2, 0) is 26.4 Å². The number of fused-ring (bicyclic) bond motifs is 1. The van der Waals surface area contributed by atoms with E-state index in [-0.39, 0.29) is 29.7 Å². The highest BCUT2D eigenvalue weighted by Gasteiger charge is 2.40. The Kier molecular flexibility index (Phi) is 7.60. The summed E-state index contributed by atoms with van der Waals surface area (Å²) in [7, 11) is -2.46. The van der Waals surface area contributed by atoms with Crippen LogP contribution in [0.2, 0.25) is 0 Å². The second-order valence-electron chi connectivity index (χ2n) is 8.71. The number of aromatic nitrogens is 2. The molecule has 0 radical (unpaired) electrons. The molecule has 12 heteroatoms. The fourth-order valence-electron chi connectivity index (χ4n) is 4.24. The van der Waals surface area contributed by atoms with Crippen LogP contribution in [0.1, 0.15) is 36.5 Å². The fourth-order valence-corrected chi connectivity index (χ4v) is 5.25. The topological polar surface area (TPSA) is 99.6 Å². The maximum absolute atomic E-state index is 13.5. The van der Waals surface area contributed by atoms with E-state index in [1.165, 1.54) is 37.6 Å². The van der Waals surface area contributed by atoms with Gasteiger partial charge in [0.2, 0.25) is 0 Å². The van der Waals surface area contributed by atoms with E-state index in [4.69, 9.17) is 14.2 Å². The van der Waals surface area contributed by atoms with E-state index in [0.717, 1.165) is 12.1 Å². The average Bonchev–Trinajstić information content (AvgIpc) is 2.86. The quantitative estimate of drug-likeness (QED) is 0.392. The number of hydrogen-bond acceptors (Lipinski definition) is 7. The molecule has 0 spiro atoms. The molecule has 0 amide bonds. The van der Waals surface area contributed by atoms with Crippen LogP contribution in [0.4, 0.5) is 19.0 Å². The molecule has 37 heavy (non-hydrogen) atoms. The molecule has 4 rings (SSSR count). The van der Waals surface area contributed by atoms with Gasteiger partial charge in [0, 0.05) is 48.9 Å². The molecule has 1 aliphatic rings. The van der Waals surface area contributed by atoms with Crippen molar-refractivity contribution in [3.05, 3.63) is 71.4 Å². The summed E-state index contributed by atoms with van der Waals surface area (Å²) in [6, 6.07) is 10.9. The highest BCUT2D eigenvalue weighted by molar-refractivity contribution is 7.92. The number of benzene rings is 2. The van der Waals surface area contributed by atoms with E-state index in [0.29, 0.717) is 36.3 Å². The Labute approximate surface area is 212 Å². The molecule has 3 aromatic rings. The van der Waals surface area contributed by atoms with Crippen LogP contribution in [0.3, 0.4) is 0 Å². The summed E-state index contributed by atoms with van der Waals surface area (Å²) < 4.78 is 85.2. The molecule has 1 atom stereocenters. The van der Waals surface area contributed by atoms with Gasteiger partial charge < -0.3 is 14.2 Å². The van der Waals surface area contributed by atoms with Crippen molar-refractivity contribution < 1.29 is 35.8 Å². The van der Waals surface area contributed by atoms with Crippen LogP contribution in [0.25, 0.3) is 0 Å². The maximum Gasteiger partial charge on any atom is 0.416 e. The smallest absolute Gasteiger partial charge is 0.416 e. The van der Waals surface area contributed by atoms with Gasteiger partial charge in [-0.3, -0.25) is 4.72 Å². The minimum Gasteiger partial charge on any atom is -0.493 e. The molecule has 0 saturated heterocycles. The molecule has 198 valence electrons. The van der Waals surface area contributed by atoms with Gasteiger partial charge in [0.15, 0.2) is 5.82 Å². The van der Waals surface area contributed by atoms with Crippen LogP contribution in [0.5, 0.6) is 11.5 Å². The zero-order chi connectivity index (χ0) is 26.7.